The first-order chi connectivity index (χ1) is 5.33. The largest absolute Gasteiger partial charge is 0.394 e. The van der Waals surface area contributed by atoms with Gasteiger partial charge in [0.25, 0.3) is 0 Å². The molecule has 69 valence electrons. The highest BCUT2D eigenvalue weighted by molar-refractivity contribution is 4.35. The molecule has 0 spiro atoms. The van der Waals surface area contributed by atoms with Gasteiger partial charge in [-0.05, 0) is 6.42 Å². The summed E-state index contributed by atoms with van der Waals surface area (Å²) in [7, 11) is 0. The number of hydrogen-bond donors (Lipinski definition) is 2. The predicted molar refractivity (Wildman–Crippen MR) is 43.9 cm³/mol. The highest BCUT2D eigenvalue weighted by Gasteiger charge is 1.82. The first-order valence-electron chi connectivity index (χ1n) is 4.13. The molecule has 3 heteroatoms. The minimum atomic E-state index is -0.125. The van der Waals surface area contributed by atoms with E-state index in [-0.39, 0.29) is 19.8 Å². The van der Waals surface area contributed by atoms with Gasteiger partial charge in [-0.1, -0.05) is 26.2 Å². The Kier molecular flexibility index (Phi) is 20.2. The third-order valence-corrected chi connectivity index (χ3v) is 1.10. The van der Waals surface area contributed by atoms with Gasteiger partial charge in [-0.3, -0.25) is 0 Å². The molecule has 0 atom stereocenters. The van der Waals surface area contributed by atoms with Gasteiger partial charge >= 0.3 is 0 Å². The molecule has 0 bridgehead atoms. The molecule has 0 fully saturated rings. The van der Waals surface area contributed by atoms with Gasteiger partial charge in [0.1, 0.15) is 0 Å². The van der Waals surface area contributed by atoms with E-state index in [0.717, 1.165) is 12.8 Å². The Hall–Kier alpha value is -0.120. The lowest BCUT2D eigenvalue weighted by Crippen LogP contribution is -1.85. The fourth-order valence-electron chi connectivity index (χ4n) is 0.529. The van der Waals surface area contributed by atoms with Crippen LogP contribution in [0.4, 0.5) is 0 Å². The molecule has 0 unspecified atom stereocenters. The van der Waals surface area contributed by atoms with Crippen molar-refractivity contribution >= 4 is 0 Å². The monoisotopic (exact) mass is 163 g/mol. The van der Waals surface area contributed by atoms with Gasteiger partial charge in [-0.15, -0.1) is 0 Å². The lowest BCUT2D eigenvalue weighted by molar-refractivity contribution is 0.186. The van der Waals surface area contributed by atoms with Crippen LogP contribution in [0.15, 0.2) is 0 Å². The van der Waals surface area contributed by atoms with E-state index in [1.54, 1.807) is 0 Å². The molecule has 0 aromatic rings. The smallest absolute Gasteiger partial charge is 0.0822 e. The van der Waals surface area contributed by atoms with Crippen LogP contribution in [-0.2, 0) is 5.11 Å². The molecule has 0 saturated heterocycles. The van der Waals surface area contributed by atoms with E-state index >= 15 is 0 Å². The standard InChI is InChI=1S/C6H13O.C2H6O2/c1-2-3-4-5-6-7;3-1-2-4/h2-6H2,1H3;3-4H,1-2H2. The summed E-state index contributed by atoms with van der Waals surface area (Å²) in [6.07, 6.45) is 4.44. The van der Waals surface area contributed by atoms with Crippen LogP contribution in [0.25, 0.3) is 0 Å². The fourth-order valence-corrected chi connectivity index (χ4v) is 0.529. The van der Waals surface area contributed by atoms with Crippen molar-refractivity contribution in [3.63, 3.8) is 0 Å². The molecule has 1 radical (unpaired) electrons. The van der Waals surface area contributed by atoms with E-state index in [9.17, 15) is 5.11 Å². The summed E-state index contributed by atoms with van der Waals surface area (Å²) in [6, 6.07) is 0. The van der Waals surface area contributed by atoms with Crippen molar-refractivity contribution in [2.75, 3.05) is 19.8 Å². The lowest BCUT2D eigenvalue weighted by Gasteiger charge is -1.89. The van der Waals surface area contributed by atoms with E-state index in [4.69, 9.17) is 10.2 Å². The van der Waals surface area contributed by atoms with E-state index in [1.807, 2.05) is 0 Å². The van der Waals surface area contributed by atoms with Crippen molar-refractivity contribution in [2.45, 2.75) is 32.6 Å². The Morgan fingerprint density at radius 2 is 1.55 bits per heavy atom. The van der Waals surface area contributed by atoms with Crippen LogP contribution < -0.4 is 0 Å². The lowest BCUT2D eigenvalue weighted by atomic mass is 10.2. The van der Waals surface area contributed by atoms with Gasteiger partial charge in [0, 0.05) is 0 Å². The highest BCUT2D eigenvalue weighted by atomic mass is 16.3. The summed E-state index contributed by atoms with van der Waals surface area (Å²) >= 11 is 0. The molecule has 0 aliphatic rings. The zero-order valence-corrected chi connectivity index (χ0v) is 7.25. The van der Waals surface area contributed by atoms with Crippen LogP contribution in [0.1, 0.15) is 32.6 Å². The van der Waals surface area contributed by atoms with Gasteiger partial charge < -0.3 is 10.2 Å². The van der Waals surface area contributed by atoms with Crippen molar-refractivity contribution in [1.29, 1.82) is 0 Å². The van der Waals surface area contributed by atoms with Crippen molar-refractivity contribution in [1.82, 2.24) is 0 Å². The Morgan fingerprint density at radius 1 is 1.00 bits per heavy atom. The van der Waals surface area contributed by atoms with Crippen LogP contribution in [0, 0.1) is 0 Å². The third kappa shape index (κ3) is 25.8. The number of unbranched alkanes of at least 4 members (excludes halogenated alkanes) is 3. The normalized spacial score (nSPS) is 8.73. The number of aliphatic hydroxyl groups excluding tert-OH is 2. The molecule has 0 aliphatic heterocycles. The van der Waals surface area contributed by atoms with Crippen molar-refractivity contribution in [3.8, 4) is 0 Å². The summed E-state index contributed by atoms with van der Waals surface area (Å²) in [6.45, 7) is 2.00. The van der Waals surface area contributed by atoms with Crippen LogP contribution in [0.2, 0.25) is 0 Å². The second-order valence-corrected chi connectivity index (χ2v) is 2.21. The molecule has 0 aliphatic carbocycles. The summed E-state index contributed by atoms with van der Waals surface area (Å²) < 4.78 is 0. The van der Waals surface area contributed by atoms with Crippen molar-refractivity contribution in [3.05, 3.63) is 0 Å². The fraction of sp³-hybridized carbons (Fsp3) is 1.00. The molecular weight excluding hydrogens is 144 g/mol. The predicted octanol–water partition coefficient (Wildman–Crippen LogP) is 0.968. The molecular formula is C8H19O3. The SMILES string of the molecule is CCCCCC[O].OCCO. The van der Waals surface area contributed by atoms with Crippen LogP contribution >= 0.6 is 0 Å². The topological polar surface area (TPSA) is 60.4 Å². The Balaban J connectivity index is 0. The molecule has 3 nitrogen and oxygen atoms in total. The summed E-state index contributed by atoms with van der Waals surface area (Å²) in [4.78, 5) is 0. The van der Waals surface area contributed by atoms with Crippen LogP contribution in [-0.4, -0.2) is 30.0 Å². The average Bonchev–Trinajstić information content (AvgIpc) is 2.06. The van der Waals surface area contributed by atoms with Gasteiger partial charge in [-0.2, -0.15) is 0 Å². The molecule has 11 heavy (non-hydrogen) atoms. The van der Waals surface area contributed by atoms with Gasteiger partial charge in [0.15, 0.2) is 0 Å². The number of hydrogen-bond acceptors (Lipinski definition) is 2. The van der Waals surface area contributed by atoms with Crippen LogP contribution in [0.3, 0.4) is 0 Å². The zero-order valence-electron chi connectivity index (χ0n) is 7.25. The maximum atomic E-state index is 9.80. The molecule has 2 N–H and O–H groups in total. The minimum absolute atomic E-state index is 0.111. The third-order valence-electron chi connectivity index (χ3n) is 1.10. The Bertz CT molecular complexity index is 42.6. The minimum Gasteiger partial charge on any atom is -0.394 e. The maximum Gasteiger partial charge on any atom is 0.0822 e. The molecule has 0 amide bonds. The van der Waals surface area contributed by atoms with Gasteiger partial charge in [-0.25, -0.2) is 5.11 Å². The molecule has 0 saturated carbocycles. The second kappa shape index (κ2) is 16.5. The van der Waals surface area contributed by atoms with E-state index < -0.39 is 0 Å². The quantitative estimate of drug-likeness (QED) is 0.593. The average molecular weight is 163 g/mol. The zero-order chi connectivity index (χ0) is 8.95. The van der Waals surface area contributed by atoms with Crippen molar-refractivity contribution < 1.29 is 15.3 Å². The molecule has 0 aromatic carbocycles. The summed E-state index contributed by atoms with van der Waals surface area (Å²) in [5, 5.41) is 25.1. The molecule has 0 rings (SSSR count). The molecule has 0 heterocycles. The van der Waals surface area contributed by atoms with Crippen molar-refractivity contribution in [2.24, 2.45) is 0 Å². The first kappa shape index (κ1) is 13.5. The Morgan fingerprint density at radius 3 is 1.82 bits per heavy atom. The Labute approximate surface area is 68.7 Å². The van der Waals surface area contributed by atoms with Gasteiger partial charge in [0.2, 0.25) is 0 Å². The highest BCUT2D eigenvalue weighted by Crippen LogP contribution is 1.96. The second-order valence-electron chi connectivity index (χ2n) is 2.21. The first-order valence-corrected chi connectivity index (χ1v) is 4.13. The summed E-state index contributed by atoms with van der Waals surface area (Å²) in [5.41, 5.74) is 0. The van der Waals surface area contributed by atoms with Gasteiger partial charge in [0.05, 0.1) is 19.8 Å². The number of aliphatic hydroxyl groups is 2. The van der Waals surface area contributed by atoms with E-state index in [1.165, 1.54) is 12.8 Å². The molecule has 0 aromatic heterocycles. The van der Waals surface area contributed by atoms with E-state index in [2.05, 4.69) is 6.92 Å². The van der Waals surface area contributed by atoms with E-state index in [0.29, 0.717) is 0 Å². The summed E-state index contributed by atoms with van der Waals surface area (Å²) in [5.74, 6) is 0. The maximum absolute atomic E-state index is 9.80. The number of rotatable bonds is 5. The van der Waals surface area contributed by atoms with Crippen LogP contribution in [0.5, 0.6) is 0 Å².